The van der Waals surface area contributed by atoms with E-state index in [1.807, 2.05) is 31.2 Å². The Bertz CT molecular complexity index is 450. The maximum atomic E-state index is 11.9. The van der Waals surface area contributed by atoms with Crippen LogP contribution < -0.4 is 15.4 Å². The number of benzene rings is 1. The molecule has 1 aliphatic rings. The van der Waals surface area contributed by atoms with Gasteiger partial charge in [-0.25, -0.2) is 4.79 Å². The van der Waals surface area contributed by atoms with Gasteiger partial charge in [-0.1, -0.05) is 6.07 Å². The van der Waals surface area contributed by atoms with E-state index in [4.69, 9.17) is 15.2 Å². The number of methoxy groups -OCH3 is 1. The number of cyclic esters (lactones) is 1. The second-order valence-corrected chi connectivity index (χ2v) is 4.63. The van der Waals surface area contributed by atoms with E-state index in [-0.39, 0.29) is 6.09 Å². The van der Waals surface area contributed by atoms with Crippen LogP contribution in [0.4, 0.5) is 10.5 Å². The van der Waals surface area contributed by atoms with E-state index in [2.05, 4.69) is 0 Å². The Morgan fingerprint density at radius 1 is 1.56 bits per heavy atom. The van der Waals surface area contributed by atoms with Crippen LogP contribution in [0.2, 0.25) is 0 Å². The molecule has 1 atom stereocenters. The molecule has 0 aliphatic carbocycles. The van der Waals surface area contributed by atoms with E-state index >= 15 is 0 Å². The smallest absolute Gasteiger partial charge is 0.415 e. The van der Waals surface area contributed by atoms with Gasteiger partial charge in [-0.3, -0.25) is 4.90 Å². The number of amides is 1. The minimum Gasteiger partial charge on any atom is -0.497 e. The van der Waals surface area contributed by atoms with Gasteiger partial charge in [0.1, 0.15) is 12.4 Å². The van der Waals surface area contributed by atoms with Crippen molar-refractivity contribution < 1.29 is 14.3 Å². The summed E-state index contributed by atoms with van der Waals surface area (Å²) in [7, 11) is 1.60. The van der Waals surface area contributed by atoms with E-state index in [0.29, 0.717) is 25.3 Å². The van der Waals surface area contributed by atoms with Crippen molar-refractivity contribution in [3.63, 3.8) is 0 Å². The number of nitrogens with zero attached hydrogens (tertiary/aromatic N) is 1. The molecule has 98 valence electrons. The average Bonchev–Trinajstić information content (AvgIpc) is 2.66. The summed E-state index contributed by atoms with van der Waals surface area (Å²) in [5.41, 5.74) is 6.00. The van der Waals surface area contributed by atoms with Crippen LogP contribution in [0.1, 0.15) is 13.3 Å². The minimum atomic E-state index is -0.391. The SMILES string of the molecule is COc1cccc(N2C(=O)OCC2(C)CCN)c1. The van der Waals surface area contributed by atoms with Gasteiger partial charge in [0.25, 0.3) is 0 Å². The summed E-state index contributed by atoms with van der Waals surface area (Å²) < 4.78 is 10.3. The lowest BCUT2D eigenvalue weighted by Gasteiger charge is -2.31. The Hall–Kier alpha value is -1.75. The molecule has 1 heterocycles. The first-order valence-corrected chi connectivity index (χ1v) is 5.92. The van der Waals surface area contributed by atoms with Crippen molar-refractivity contribution in [1.29, 1.82) is 0 Å². The fourth-order valence-corrected chi connectivity index (χ4v) is 2.23. The topological polar surface area (TPSA) is 64.8 Å². The molecule has 1 aromatic rings. The van der Waals surface area contributed by atoms with Crippen molar-refractivity contribution >= 4 is 11.8 Å². The Morgan fingerprint density at radius 3 is 3.00 bits per heavy atom. The molecular formula is C13H18N2O3. The number of hydrogen-bond acceptors (Lipinski definition) is 4. The first-order chi connectivity index (χ1) is 8.60. The zero-order chi connectivity index (χ0) is 13.2. The fourth-order valence-electron chi connectivity index (χ4n) is 2.23. The van der Waals surface area contributed by atoms with Crippen LogP contribution in [-0.2, 0) is 4.74 Å². The summed E-state index contributed by atoms with van der Waals surface area (Å²) in [6, 6.07) is 7.37. The first-order valence-electron chi connectivity index (χ1n) is 5.92. The summed E-state index contributed by atoms with van der Waals surface area (Å²) in [4.78, 5) is 13.5. The predicted octanol–water partition coefficient (Wildman–Crippen LogP) is 1.76. The number of rotatable bonds is 4. The molecule has 2 N–H and O–H groups in total. The van der Waals surface area contributed by atoms with Crippen molar-refractivity contribution in [2.45, 2.75) is 18.9 Å². The first kappa shape index (κ1) is 12.7. The van der Waals surface area contributed by atoms with Crippen LogP contribution in [0, 0.1) is 0 Å². The fraction of sp³-hybridized carbons (Fsp3) is 0.462. The van der Waals surface area contributed by atoms with Gasteiger partial charge in [0.05, 0.1) is 18.3 Å². The molecule has 0 bridgehead atoms. The molecule has 0 saturated carbocycles. The van der Waals surface area contributed by atoms with Gasteiger partial charge in [-0.2, -0.15) is 0 Å². The molecule has 0 spiro atoms. The van der Waals surface area contributed by atoms with Crippen molar-refractivity contribution in [2.75, 3.05) is 25.2 Å². The summed E-state index contributed by atoms with van der Waals surface area (Å²) in [6.07, 6.45) is 0.356. The Balaban J connectivity index is 2.36. The molecule has 18 heavy (non-hydrogen) atoms. The summed E-state index contributed by atoms with van der Waals surface area (Å²) >= 11 is 0. The quantitative estimate of drug-likeness (QED) is 0.884. The second kappa shape index (κ2) is 4.86. The maximum absolute atomic E-state index is 11.9. The van der Waals surface area contributed by atoms with Crippen LogP contribution in [0.15, 0.2) is 24.3 Å². The third-order valence-corrected chi connectivity index (χ3v) is 3.22. The molecule has 1 amide bonds. The standard InChI is InChI=1S/C13H18N2O3/c1-13(6-7-14)9-18-12(16)15(13)10-4-3-5-11(8-10)17-2/h3-5,8H,6-7,9,14H2,1-2H3. The molecule has 5 nitrogen and oxygen atoms in total. The van der Waals surface area contributed by atoms with Gasteiger partial charge in [0, 0.05) is 6.07 Å². The van der Waals surface area contributed by atoms with Crippen molar-refractivity contribution in [2.24, 2.45) is 5.73 Å². The third kappa shape index (κ3) is 2.13. The highest BCUT2D eigenvalue weighted by atomic mass is 16.6. The van der Waals surface area contributed by atoms with Crippen molar-refractivity contribution in [3.8, 4) is 5.75 Å². The van der Waals surface area contributed by atoms with E-state index in [0.717, 1.165) is 5.69 Å². The Labute approximate surface area is 106 Å². The molecule has 0 aromatic heterocycles. The van der Waals surface area contributed by atoms with Gasteiger partial charge in [0.15, 0.2) is 0 Å². The lowest BCUT2D eigenvalue weighted by Crippen LogP contribution is -2.46. The van der Waals surface area contributed by atoms with Gasteiger partial charge in [-0.15, -0.1) is 0 Å². The summed E-state index contributed by atoms with van der Waals surface area (Å²) in [6.45, 7) is 2.85. The molecule has 1 saturated heterocycles. The average molecular weight is 250 g/mol. The predicted molar refractivity (Wildman–Crippen MR) is 68.9 cm³/mol. The zero-order valence-electron chi connectivity index (χ0n) is 10.7. The lowest BCUT2D eigenvalue weighted by atomic mass is 9.97. The van der Waals surface area contributed by atoms with Crippen LogP contribution in [0.25, 0.3) is 0 Å². The second-order valence-electron chi connectivity index (χ2n) is 4.63. The van der Waals surface area contributed by atoms with Gasteiger partial charge in [-0.05, 0) is 32.0 Å². The summed E-state index contributed by atoms with van der Waals surface area (Å²) in [5, 5.41) is 0. The number of carbonyl (C=O) groups is 1. The van der Waals surface area contributed by atoms with Crippen molar-refractivity contribution in [3.05, 3.63) is 24.3 Å². The highest BCUT2D eigenvalue weighted by molar-refractivity contribution is 5.91. The lowest BCUT2D eigenvalue weighted by molar-refractivity contribution is 0.173. The summed E-state index contributed by atoms with van der Waals surface area (Å²) in [5.74, 6) is 0.710. The number of ether oxygens (including phenoxy) is 2. The van der Waals surface area contributed by atoms with Crippen LogP contribution in [0.5, 0.6) is 5.75 Å². The molecule has 5 heteroatoms. The molecule has 1 aromatic carbocycles. The Kier molecular flexibility index (Phi) is 3.43. The highest BCUT2D eigenvalue weighted by Gasteiger charge is 2.44. The molecule has 2 rings (SSSR count). The number of anilines is 1. The van der Waals surface area contributed by atoms with Crippen molar-refractivity contribution in [1.82, 2.24) is 0 Å². The van der Waals surface area contributed by atoms with Gasteiger partial charge < -0.3 is 15.2 Å². The highest BCUT2D eigenvalue weighted by Crippen LogP contribution is 2.34. The number of nitrogens with two attached hydrogens (primary N) is 1. The molecule has 1 unspecified atom stereocenters. The zero-order valence-corrected chi connectivity index (χ0v) is 10.7. The van der Waals surface area contributed by atoms with E-state index in [1.165, 1.54) is 0 Å². The normalized spacial score (nSPS) is 23.1. The molecular weight excluding hydrogens is 232 g/mol. The minimum absolute atomic E-state index is 0.334. The van der Waals surface area contributed by atoms with Gasteiger partial charge in [0.2, 0.25) is 0 Å². The molecule has 1 aliphatic heterocycles. The van der Waals surface area contributed by atoms with E-state index < -0.39 is 5.54 Å². The third-order valence-electron chi connectivity index (χ3n) is 3.22. The molecule has 0 radical (unpaired) electrons. The van der Waals surface area contributed by atoms with E-state index in [9.17, 15) is 4.79 Å². The number of carbonyl (C=O) groups excluding carboxylic acids is 1. The number of hydrogen-bond donors (Lipinski definition) is 1. The Morgan fingerprint density at radius 2 is 2.33 bits per heavy atom. The monoisotopic (exact) mass is 250 g/mol. The largest absolute Gasteiger partial charge is 0.497 e. The maximum Gasteiger partial charge on any atom is 0.415 e. The van der Waals surface area contributed by atoms with Crippen LogP contribution in [-0.4, -0.2) is 31.9 Å². The molecule has 1 fully saturated rings. The van der Waals surface area contributed by atoms with Gasteiger partial charge >= 0.3 is 6.09 Å². The van der Waals surface area contributed by atoms with Crippen LogP contribution >= 0.6 is 0 Å². The van der Waals surface area contributed by atoms with E-state index in [1.54, 1.807) is 12.0 Å². The van der Waals surface area contributed by atoms with Crippen LogP contribution in [0.3, 0.4) is 0 Å².